The van der Waals surface area contributed by atoms with Crippen LogP contribution in [0.3, 0.4) is 0 Å². The van der Waals surface area contributed by atoms with E-state index in [1.54, 1.807) is 12.1 Å². The largest absolute Gasteiger partial charge is 0.436 e. The van der Waals surface area contributed by atoms with Gasteiger partial charge in [-0.25, -0.2) is 0 Å². The number of hydrogen-bond acceptors (Lipinski definition) is 2. The highest BCUT2D eigenvalue weighted by Crippen LogP contribution is 2.35. The summed E-state index contributed by atoms with van der Waals surface area (Å²) in [5, 5.41) is 0. The maximum absolute atomic E-state index is 12.5. The Hall–Kier alpha value is -0.660. The smallest absolute Gasteiger partial charge is 0.424 e. The lowest BCUT2D eigenvalue weighted by Gasteiger charge is -2.12. The predicted octanol–water partition coefficient (Wildman–Crippen LogP) is 10.0. The summed E-state index contributed by atoms with van der Waals surface area (Å²) in [6.45, 7) is 4.53. The molecular formula is C26H46FO2P. The molecule has 0 aliphatic carbocycles. The number of rotatable bonds is 20. The van der Waals surface area contributed by atoms with Gasteiger partial charge in [-0.1, -0.05) is 129 Å². The van der Waals surface area contributed by atoms with Gasteiger partial charge in [-0.15, -0.1) is 4.20 Å². The van der Waals surface area contributed by atoms with Crippen LogP contribution < -0.4 is 4.52 Å². The van der Waals surface area contributed by atoms with Gasteiger partial charge in [-0.3, -0.25) is 0 Å². The topological polar surface area (TPSA) is 29.5 Å². The van der Waals surface area contributed by atoms with Crippen LogP contribution >= 0.6 is 8.69 Å². The van der Waals surface area contributed by atoms with E-state index in [0.717, 1.165) is 0 Å². The highest BCUT2D eigenvalue weighted by molar-refractivity contribution is 7.40. The van der Waals surface area contributed by atoms with Crippen molar-refractivity contribution in [2.24, 2.45) is 0 Å². The van der Waals surface area contributed by atoms with E-state index in [0.29, 0.717) is 11.7 Å². The third kappa shape index (κ3) is 15.2. The average Bonchev–Trinajstić information content (AvgIpc) is 2.73. The van der Waals surface area contributed by atoms with Gasteiger partial charge in [0, 0.05) is 0 Å². The Morgan fingerprint density at radius 2 is 1.13 bits per heavy atom. The maximum Gasteiger partial charge on any atom is 0.436 e. The second-order valence-corrected chi connectivity index (χ2v) is 9.51. The molecule has 0 aliphatic heterocycles. The molecule has 2 atom stereocenters. The van der Waals surface area contributed by atoms with E-state index in [9.17, 15) is 4.20 Å². The lowest BCUT2D eigenvalue weighted by Crippen LogP contribution is -1.94. The molecule has 0 bridgehead atoms. The summed E-state index contributed by atoms with van der Waals surface area (Å²) in [6, 6.07) is 7.44. The third-order valence-corrected chi connectivity index (χ3v) is 6.48. The van der Waals surface area contributed by atoms with Crippen molar-refractivity contribution in [2.45, 2.75) is 129 Å². The van der Waals surface area contributed by atoms with Crippen LogP contribution in [0.4, 0.5) is 4.20 Å². The maximum atomic E-state index is 12.5. The van der Waals surface area contributed by atoms with E-state index in [1.807, 2.05) is 12.1 Å². The van der Waals surface area contributed by atoms with Gasteiger partial charge in [0.25, 0.3) is 0 Å². The van der Waals surface area contributed by atoms with Crippen LogP contribution in [0.5, 0.6) is 5.75 Å². The lowest BCUT2D eigenvalue weighted by atomic mass is 9.94. The molecule has 0 aliphatic rings. The summed E-state index contributed by atoms with van der Waals surface area (Å²) < 4.78 is 17.2. The number of halogens is 1. The zero-order valence-electron chi connectivity index (χ0n) is 19.6. The SMILES string of the molecule is CCCCCCCCCCCCCCCCCCC(C)c1ccc(OP(O)F)cc1. The molecular weight excluding hydrogens is 394 g/mol. The molecule has 0 radical (unpaired) electrons. The van der Waals surface area contributed by atoms with Gasteiger partial charge >= 0.3 is 8.69 Å². The van der Waals surface area contributed by atoms with Crippen molar-refractivity contribution in [3.8, 4) is 5.75 Å². The second kappa shape index (κ2) is 19.1. The summed E-state index contributed by atoms with van der Waals surface area (Å²) in [7, 11) is -2.83. The normalized spacial score (nSPS) is 13.3. The van der Waals surface area contributed by atoms with Crippen molar-refractivity contribution in [2.75, 3.05) is 0 Å². The van der Waals surface area contributed by atoms with Crippen molar-refractivity contribution >= 4 is 8.69 Å². The first kappa shape index (κ1) is 27.4. The summed E-state index contributed by atoms with van der Waals surface area (Å²) in [5.74, 6) is 0.899. The molecule has 1 N–H and O–H groups in total. The zero-order valence-corrected chi connectivity index (χ0v) is 20.5. The predicted molar refractivity (Wildman–Crippen MR) is 130 cm³/mol. The Kier molecular flexibility index (Phi) is 17.4. The Labute approximate surface area is 187 Å². The van der Waals surface area contributed by atoms with Crippen molar-refractivity contribution in [3.63, 3.8) is 0 Å². The molecule has 4 heteroatoms. The number of hydrogen-bond donors (Lipinski definition) is 1. The van der Waals surface area contributed by atoms with Crippen LogP contribution in [-0.4, -0.2) is 4.89 Å². The van der Waals surface area contributed by atoms with Crippen LogP contribution in [0.2, 0.25) is 0 Å². The van der Waals surface area contributed by atoms with Crippen molar-refractivity contribution in [1.82, 2.24) is 0 Å². The summed E-state index contributed by atoms with van der Waals surface area (Å²) in [4.78, 5) is 8.67. The van der Waals surface area contributed by atoms with Crippen molar-refractivity contribution < 1.29 is 13.6 Å². The number of benzene rings is 1. The Morgan fingerprint density at radius 3 is 1.53 bits per heavy atom. The molecule has 174 valence electrons. The Bertz CT molecular complexity index is 492. The Balaban J connectivity index is 1.88. The minimum atomic E-state index is -2.83. The number of unbranched alkanes of at least 4 members (excludes halogenated alkanes) is 15. The molecule has 2 unspecified atom stereocenters. The molecule has 0 heterocycles. The standard InChI is InChI=1S/C26H46FO2P/c1-3-4-5-6-7-8-9-10-11-12-13-14-15-16-17-18-19-24(2)25-20-22-26(23-21-25)29-30(27)28/h20-24,28H,3-19H2,1-2H3. The molecule has 2 nitrogen and oxygen atoms in total. The third-order valence-electron chi connectivity index (χ3n) is 6.12. The van der Waals surface area contributed by atoms with E-state index in [2.05, 4.69) is 13.8 Å². The quantitative estimate of drug-likeness (QED) is 0.161. The van der Waals surface area contributed by atoms with Crippen LogP contribution in [0, 0.1) is 0 Å². The van der Waals surface area contributed by atoms with Gasteiger partial charge in [0.1, 0.15) is 5.75 Å². The van der Waals surface area contributed by atoms with E-state index >= 15 is 0 Å². The average molecular weight is 441 g/mol. The van der Waals surface area contributed by atoms with E-state index in [4.69, 9.17) is 9.42 Å². The van der Waals surface area contributed by atoms with Crippen LogP contribution in [0.1, 0.15) is 134 Å². The highest BCUT2D eigenvalue weighted by Gasteiger charge is 2.08. The van der Waals surface area contributed by atoms with Gasteiger partial charge in [0.05, 0.1) is 0 Å². The summed E-state index contributed by atoms with van der Waals surface area (Å²) >= 11 is 0. The fourth-order valence-corrected chi connectivity index (χ4v) is 4.41. The van der Waals surface area contributed by atoms with Gasteiger partial charge < -0.3 is 9.42 Å². The molecule has 0 spiro atoms. The lowest BCUT2D eigenvalue weighted by molar-refractivity contribution is 0.433. The first-order valence-corrected chi connectivity index (χ1v) is 13.7. The fraction of sp³-hybridized carbons (Fsp3) is 0.769. The van der Waals surface area contributed by atoms with Crippen LogP contribution in [0.15, 0.2) is 24.3 Å². The van der Waals surface area contributed by atoms with Crippen molar-refractivity contribution in [1.29, 1.82) is 0 Å². The molecule has 0 aromatic heterocycles. The molecule has 0 amide bonds. The second-order valence-electron chi connectivity index (χ2n) is 8.88. The molecule has 0 saturated carbocycles. The fourth-order valence-electron chi connectivity index (χ4n) is 4.11. The first-order chi connectivity index (χ1) is 14.6. The molecule has 1 rings (SSSR count). The Morgan fingerprint density at radius 1 is 0.733 bits per heavy atom. The summed E-state index contributed by atoms with van der Waals surface area (Å²) in [6.07, 6.45) is 23.6. The van der Waals surface area contributed by atoms with Crippen LogP contribution in [-0.2, 0) is 0 Å². The van der Waals surface area contributed by atoms with E-state index in [-0.39, 0.29) is 0 Å². The van der Waals surface area contributed by atoms with Crippen LogP contribution in [0.25, 0.3) is 0 Å². The molecule has 30 heavy (non-hydrogen) atoms. The summed E-state index contributed by atoms with van der Waals surface area (Å²) in [5.41, 5.74) is 1.25. The zero-order chi connectivity index (χ0) is 21.9. The minimum absolute atomic E-state index is 0.393. The van der Waals surface area contributed by atoms with E-state index in [1.165, 1.54) is 115 Å². The van der Waals surface area contributed by atoms with E-state index < -0.39 is 8.69 Å². The van der Waals surface area contributed by atoms with Gasteiger partial charge in [-0.2, -0.15) is 0 Å². The van der Waals surface area contributed by atoms with Gasteiger partial charge in [-0.05, 0) is 30.0 Å². The molecule has 1 aromatic rings. The first-order valence-electron chi connectivity index (χ1n) is 12.6. The molecule has 0 saturated heterocycles. The molecule has 1 aromatic carbocycles. The van der Waals surface area contributed by atoms with Gasteiger partial charge in [0.2, 0.25) is 0 Å². The highest BCUT2D eigenvalue weighted by atomic mass is 31.2. The van der Waals surface area contributed by atoms with Crippen molar-refractivity contribution in [3.05, 3.63) is 29.8 Å². The van der Waals surface area contributed by atoms with Gasteiger partial charge in [0.15, 0.2) is 0 Å². The monoisotopic (exact) mass is 440 g/mol. The molecule has 0 fully saturated rings. The minimum Gasteiger partial charge on any atom is -0.424 e.